The van der Waals surface area contributed by atoms with Crippen LogP contribution in [0.5, 0.6) is 0 Å². The highest BCUT2D eigenvalue weighted by molar-refractivity contribution is 5.72. The second-order valence-corrected chi connectivity index (χ2v) is 10.3. The molecule has 0 N–H and O–H groups in total. The highest BCUT2D eigenvalue weighted by Crippen LogP contribution is 2.43. The third-order valence-electron chi connectivity index (χ3n) is 7.81. The summed E-state index contributed by atoms with van der Waals surface area (Å²) in [6, 6.07) is 2.62. The van der Waals surface area contributed by atoms with Crippen LogP contribution in [0, 0.1) is 28.6 Å². The minimum absolute atomic E-state index is 0.0236. The number of hydrogen-bond donors (Lipinski definition) is 0. The van der Waals surface area contributed by atoms with Gasteiger partial charge in [0.1, 0.15) is 6.10 Å². The van der Waals surface area contributed by atoms with E-state index in [0.717, 1.165) is 57.3 Å². The Kier molecular flexibility index (Phi) is 11.9. The van der Waals surface area contributed by atoms with Crippen LogP contribution in [0.4, 0.5) is 0 Å². The van der Waals surface area contributed by atoms with Gasteiger partial charge in [0.05, 0.1) is 17.4 Å². The topological polar surface area (TPSA) is 50.1 Å². The highest BCUT2D eigenvalue weighted by Gasteiger charge is 2.38. The third kappa shape index (κ3) is 8.60. The molecule has 2 saturated carbocycles. The summed E-state index contributed by atoms with van der Waals surface area (Å²) in [6.07, 6.45) is 22.2. The maximum absolute atomic E-state index is 12.7. The predicted octanol–water partition coefficient (Wildman–Crippen LogP) is 8.12. The van der Waals surface area contributed by atoms with Gasteiger partial charge in [0.25, 0.3) is 0 Å². The van der Waals surface area contributed by atoms with Crippen molar-refractivity contribution in [1.29, 1.82) is 5.26 Å². The van der Waals surface area contributed by atoms with Crippen LogP contribution >= 0.6 is 0 Å². The lowest BCUT2D eigenvalue weighted by atomic mass is 9.69. The maximum atomic E-state index is 12.7. The average Bonchev–Trinajstić information content (AvgIpc) is 2.78. The largest absolute Gasteiger partial charge is 0.462 e. The summed E-state index contributed by atoms with van der Waals surface area (Å²) in [5, 5.41) is 9.75. The first kappa shape index (κ1) is 25.2. The van der Waals surface area contributed by atoms with Crippen molar-refractivity contribution in [1.82, 2.24) is 0 Å². The molecule has 0 amide bonds. The zero-order valence-electron chi connectivity index (χ0n) is 19.9. The summed E-state index contributed by atoms with van der Waals surface area (Å²) in [4.78, 5) is 12.7. The normalized spacial score (nSPS) is 29.3. The van der Waals surface area contributed by atoms with E-state index in [1.54, 1.807) is 0 Å². The van der Waals surface area contributed by atoms with E-state index >= 15 is 0 Å². The third-order valence-corrected chi connectivity index (χ3v) is 7.81. The molecule has 0 aromatic rings. The molecule has 30 heavy (non-hydrogen) atoms. The van der Waals surface area contributed by atoms with Crippen LogP contribution < -0.4 is 0 Å². The fourth-order valence-corrected chi connectivity index (χ4v) is 5.55. The Balaban J connectivity index is 1.62. The molecule has 2 rings (SSSR count). The lowest BCUT2D eigenvalue weighted by molar-refractivity contribution is -0.157. The molecule has 2 aliphatic carbocycles. The minimum Gasteiger partial charge on any atom is -0.462 e. The smallest absolute Gasteiger partial charge is 0.309 e. The van der Waals surface area contributed by atoms with Crippen molar-refractivity contribution in [2.75, 3.05) is 0 Å². The van der Waals surface area contributed by atoms with Crippen LogP contribution in [0.15, 0.2) is 0 Å². The Morgan fingerprint density at radius 3 is 2.07 bits per heavy atom. The lowest BCUT2D eigenvalue weighted by Crippen LogP contribution is -2.33. The van der Waals surface area contributed by atoms with Gasteiger partial charge >= 0.3 is 5.97 Å². The average molecular weight is 418 g/mol. The van der Waals surface area contributed by atoms with Crippen LogP contribution in [-0.4, -0.2) is 12.1 Å². The molecule has 3 nitrogen and oxygen atoms in total. The van der Waals surface area contributed by atoms with Gasteiger partial charge < -0.3 is 4.74 Å². The zero-order chi connectivity index (χ0) is 21.7. The molecule has 172 valence electrons. The molecular formula is C27H47NO2. The fourth-order valence-electron chi connectivity index (χ4n) is 5.55. The van der Waals surface area contributed by atoms with Crippen molar-refractivity contribution in [2.45, 2.75) is 142 Å². The summed E-state index contributed by atoms with van der Waals surface area (Å²) < 4.78 is 5.93. The van der Waals surface area contributed by atoms with E-state index < -0.39 is 0 Å². The van der Waals surface area contributed by atoms with Gasteiger partial charge in [-0.2, -0.15) is 5.26 Å². The Morgan fingerprint density at radius 2 is 1.47 bits per heavy atom. The van der Waals surface area contributed by atoms with Gasteiger partial charge in [-0.15, -0.1) is 0 Å². The van der Waals surface area contributed by atoms with E-state index in [9.17, 15) is 10.1 Å². The van der Waals surface area contributed by atoms with Crippen LogP contribution in [0.3, 0.4) is 0 Å². The number of nitriles is 1. The zero-order valence-corrected chi connectivity index (χ0v) is 19.9. The first-order valence-electron chi connectivity index (χ1n) is 13.2. The number of carbonyl (C=O) groups is 1. The molecule has 0 saturated heterocycles. The van der Waals surface area contributed by atoms with E-state index in [1.165, 1.54) is 70.6 Å². The molecule has 2 aliphatic rings. The van der Waals surface area contributed by atoms with E-state index in [0.29, 0.717) is 0 Å². The van der Waals surface area contributed by atoms with Gasteiger partial charge in [-0.3, -0.25) is 4.79 Å². The number of hydrogen-bond acceptors (Lipinski definition) is 3. The monoisotopic (exact) mass is 417 g/mol. The summed E-state index contributed by atoms with van der Waals surface area (Å²) in [6.45, 7) is 4.49. The summed E-state index contributed by atoms with van der Waals surface area (Å²) in [5.74, 6) is 0.897. The number of esters is 1. The van der Waals surface area contributed by atoms with Gasteiger partial charge in [0, 0.05) is 0 Å². The Morgan fingerprint density at radius 1 is 0.867 bits per heavy atom. The van der Waals surface area contributed by atoms with E-state index in [1.807, 2.05) is 0 Å². The standard InChI is InChI=1S/C27H47NO2/c1-3-5-7-9-10-12-23-13-15-25(16-14-23)30-26(29)24-17-20-27(22-28,21-18-24)19-11-8-6-4-2/h23-25H,3-21H2,1-2H3. The molecule has 0 atom stereocenters. The SMILES string of the molecule is CCCCCCCC1CCC(OC(=O)C2CCC(C#N)(CCCCCC)CC2)CC1. The second kappa shape index (κ2) is 14.1. The molecule has 2 fully saturated rings. The molecule has 0 aromatic carbocycles. The molecule has 0 unspecified atom stereocenters. The lowest BCUT2D eigenvalue weighted by Gasteiger charge is -2.35. The molecule has 0 aromatic heterocycles. The quantitative estimate of drug-likeness (QED) is 0.224. The molecule has 0 heterocycles. The molecule has 0 aliphatic heterocycles. The maximum Gasteiger partial charge on any atom is 0.309 e. The molecule has 3 heteroatoms. The molecular weight excluding hydrogens is 370 g/mol. The predicted molar refractivity (Wildman–Crippen MR) is 124 cm³/mol. The number of unbranched alkanes of at least 4 members (excludes halogenated alkanes) is 7. The molecule has 0 radical (unpaired) electrons. The number of carbonyl (C=O) groups excluding carboxylic acids is 1. The minimum atomic E-state index is -0.181. The highest BCUT2D eigenvalue weighted by atomic mass is 16.5. The second-order valence-electron chi connectivity index (χ2n) is 10.3. The van der Waals surface area contributed by atoms with Crippen LogP contribution in [0.1, 0.15) is 136 Å². The van der Waals surface area contributed by atoms with Gasteiger partial charge in [-0.25, -0.2) is 0 Å². The number of rotatable bonds is 13. The summed E-state index contributed by atoms with van der Waals surface area (Å²) >= 11 is 0. The van der Waals surface area contributed by atoms with Crippen molar-refractivity contribution in [2.24, 2.45) is 17.3 Å². The molecule has 0 bridgehead atoms. The van der Waals surface area contributed by atoms with Crippen molar-refractivity contribution >= 4 is 5.97 Å². The van der Waals surface area contributed by atoms with Crippen LogP contribution in [0.2, 0.25) is 0 Å². The van der Waals surface area contributed by atoms with Crippen molar-refractivity contribution in [3.05, 3.63) is 0 Å². The molecule has 0 spiro atoms. The Bertz CT molecular complexity index is 507. The first-order valence-corrected chi connectivity index (χ1v) is 13.2. The van der Waals surface area contributed by atoms with Gasteiger partial charge in [0.15, 0.2) is 0 Å². The first-order chi connectivity index (χ1) is 14.6. The van der Waals surface area contributed by atoms with E-state index in [4.69, 9.17) is 4.74 Å². The number of nitrogens with zero attached hydrogens (tertiary/aromatic N) is 1. The van der Waals surface area contributed by atoms with Gasteiger partial charge in [-0.05, 0) is 63.7 Å². The van der Waals surface area contributed by atoms with Crippen LogP contribution in [0.25, 0.3) is 0 Å². The summed E-state index contributed by atoms with van der Waals surface area (Å²) in [5.41, 5.74) is -0.181. The Hall–Kier alpha value is -1.04. The summed E-state index contributed by atoms with van der Waals surface area (Å²) in [7, 11) is 0. The van der Waals surface area contributed by atoms with Gasteiger partial charge in [0.2, 0.25) is 0 Å². The van der Waals surface area contributed by atoms with Crippen LogP contribution in [-0.2, 0) is 9.53 Å². The van der Waals surface area contributed by atoms with E-state index in [2.05, 4.69) is 19.9 Å². The van der Waals surface area contributed by atoms with Crippen molar-refractivity contribution in [3.63, 3.8) is 0 Å². The fraction of sp³-hybridized carbons (Fsp3) is 0.926. The van der Waals surface area contributed by atoms with Gasteiger partial charge in [-0.1, -0.05) is 78.1 Å². The van der Waals surface area contributed by atoms with Crippen molar-refractivity contribution in [3.8, 4) is 6.07 Å². The Labute approximate surface area is 186 Å². The van der Waals surface area contributed by atoms with Crippen molar-refractivity contribution < 1.29 is 9.53 Å². The number of ether oxygens (including phenoxy) is 1. The van der Waals surface area contributed by atoms with E-state index in [-0.39, 0.29) is 23.4 Å².